The normalized spacial score (nSPS) is 12.8. The van der Waals surface area contributed by atoms with Crippen LogP contribution in [0.25, 0.3) is 0 Å². The fourth-order valence-corrected chi connectivity index (χ4v) is 2.32. The highest BCUT2D eigenvalue weighted by Crippen LogP contribution is 2.38. The van der Waals surface area contributed by atoms with Crippen molar-refractivity contribution in [3.63, 3.8) is 0 Å². The summed E-state index contributed by atoms with van der Waals surface area (Å²) in [6.07, 6.45) is -4.79. The molecule has 1 heterocycles. The molecule has 0 saturated heterocycles. The topological polar surface area (TPSA) is 59.4 Å². The van der Waals surface area contributed by atoms with Crippen molar-refractivity contribution >= 4 is 17.3 Å². The van der Waals surface area contributed by atoms with E-state index in [1.165, 1.54) is 0 Å². The number of alkyl halides is 3. The number of thiazole rings is 1. The summed E-state index contributed by atoms with van der Waals surface area (Å²) in [6, 6.07) is 0. The van der Waals surface area contributed by atoms with Crippen LogP contribution in [0.5, 0.6) is 0 Å². The number of carboxylic acid groups (broad SMARTS) is 1. The van der Waals surface area contributed by atoms with Gasteiger partial charge in [0.2, 0.25) is 0 Å². The van der Waals surface area contributed by atoms with E-state index in [0.29, 0.717) is 11.3 Å². The smallest absolute Gasteiger partial charge is 0.435 e. The zero-order valence-corrected chi connectivity index (χ0v) is 10.8. The lowest BCUT2D eigenvalue weighted by Crippen LogP contribution is -2.21. The molecular formula is C10H12F3NO3S. The van der Waals surface area contributed by atoms with Gasteiger partial charge in [-0.1, -0.05) is 0 Å². The minimum atomic E-state index is -4.79. The molecule has 0 radical (unpaired) electrons. The molecule has 0 atom stereocenters. The number of rotatable bonds is 4. The molecule has 18 heavy (non-hydrogen) atoms. The van der Waals surface area contributed by atoms with Crippen LogP contribution in [0.15, 0.2) is 0 Å². The van der Waals surface area contributed by atoms with Gasteiger partial charge in [0.05, 0.1) is 0 Å². The summed E-state index contributed by atoms with van der Waals surface area (Å²) in [5.41, 5.74) is -2.42. The molecule has 1 N–H and O–H groups in total. The first-order chi connectivity index (χ1) is 8.09. The Morgan fingerprint density at radius 2 is 2.00 bits per heavy atom. The highest BCUT2D eigenvalue weighted by Gasteiger charge is 2.41. The predicted octanol–water partition coefficient (Wildman–Crippen LogP) is 3.13. The molecule has 1 rings (SSSR count). The second-order valence-electron chi connectivity index (χ2n) is 3.94. The van der Waals surface area contributed by atoms with E-state index in [1.54, 1.807) is 20.8 Å². The number of nitrogens with zero attached hydrogens (tertiary/aromatic N) is 1. The largest absolute Gasteiger partial charge is 0.477 e. The molecule has 0 spiro atoms. The van der Waals surface area contributed by atoms with Gasteiger partial charge in [-0.05, 0) is 20.8 Å². The summed E-state index contributed by atoms with van der Waals surface area (Å²) in [5, 5.41) is 8.76. The van der Waals surface area contributed by atoms with Crippen molar-refractivity contribution in [2.75, 3.05) is 6.61 Å². The molecule has 0 saturated carbocycles. The monoisotopic (exact) mass is 283 g/mol. The first-order valence-electron chi connectivity index (χ1n) is 5.05. The van der Waals surface area contributed by atoms with E-state index in [-0.39, 0.29) is 11.6 Å². The highest BCUT2D eigenvalue weighted by molar-refractivity contribution is 7.13. The van der Waals surface area contributed by atoms with Gasteiger partial charge < -0.3 is 9.84 Å². The maximum Gasteiger partial charge on any atom is 0.435 e. The van der Waals surface area contributed by atoms with E-state index in [9.17, 15) is 18.0 Å². The van der Waals surface area contributed by atoms with Crippen LogP contribution in [0.1, 0.15) is 41.1 Å². The summed E-state index contributed by atoms with van der Waals surface area (Å²) in [4.78, 5) is 13.4. The van der Waals surface area contributed by atoms with Gasteiger partial charge in [0.1, 0.15) is 15.5 Å². The van der Waals surface area contributed by atoms with Crippen LogP contribution in [0.4, 0.5) is 13.2 Å². The first-order valence-corrected chi connectivity index (χ1v) is 5.87. The lowest BCUT2D eigenvalue weighted by Gasteiger charge is -2.21. The van der Waals surface area contributed by atoms with Crippen LogP contribution in [0.2, 0.25) is 0 Å². The fourth-order valence-electron chi connectivity index (χ4n) is 1.34. The SMILES string of the molecule is CCOC(C)(C)c1nc(C(F)(F)F)c(C(=O)O)s1. The van der Waals surface area contributed by atoms with Gasteiger partial charge in [-0.25, -0.2) is 9.78 Å². The molecule has 0 unspecified atom stereocenters. The van der Waals surface area contributed by atoms with Gasteiger partial charge in [-0.15, -0.1) is 11.3 Å². The van der Waals surface area contributed by atoms with Crippen molar-refractivity contribution in [3.05, 3.63) is 15.6 Å². The van der Waals surface area contributed by atoms with E-state index in [4.69, 9.17) is 9.84 Å². The molecule has 102 valence electrons. The Bertz CT molecular complexity index is 454. The summed E-state index contributed by atoms with van der Waals surface area (Å²) in [5.74, 6) is -1.64. The lowest BCUT2D eigenvalue weighted by atomic mass is 10.1. The number of ether oxygens (including phenoxy) is 1. The number of hydrogen-bond donors (Lipinski definition) is 1. The van der Waals surface area contributed by atoms with Crippen LogP contribution in [-0.2, 0) is 16.5 Å². The van der Waals surface area contributed by atoms with Crippen LogP contribution in [0.3, 0.4) is 0 Å². The number of halogens is 3. The van der Waals surface area contributed by atoms with Gasteiger partial charge in [0.25, 0.3) is 0 Å². The molecule has 0 bridgehead atoms. The van der Waals surface area contributed by atoms with Crippen molar-refractivity contribution in [1.82, 2.24) is 4.98 Å². The van der Waals surface area contributed by atoms with E-state index in [0.717, 1.165) is 0 Å². The summed E-state index contributed by atoms with van der Waals surface area (Å²) >= 11 is 0.486. The summed E-state index contributed by atoms with van der Waals surface area (Å²) < 4.78 is 43.2. The number of hydrogen-bond acceptors (Lipinski definition) is 4. The third-order valence-electron chi connectivity index (χ3n) is 2.11. The van der Waals surface area contributed by atoms with Crippen molar-refractivity contribution in [1.29, 1.82) is 0 Å². The minimum Gasteiger partial charge on any atom is -0.477 e. The number of aromatic nitrogens is 1. The van der Waals surface area contributed by atoms with Gasteiger partial charge >= 0.3 is 12.1 Å². The quantitative estimate of drug-likeness (QED) is 0.922. The highest BCUT2D eigenvalue weighted by atomic mass is 32.1. The van der Waals surface area contributed by atoms with Crippen molar-refractivity contribution in [2.45, 2.75) is 32.5 Å². The van der Waals surface area contributed by atoms with Crippen LogP contribution in [0, 0.1) is 0 Å². The zero-order valence-electron chi connectivity index (χ0n) is 9.96. The molecule has 0 amide bonds. The maximum atomic E-state index is 12.6. The molecule has 0 aliphatic rings. The Balaban J connectivity index is 3.31. The summed E-state index contributed by atoms with van der Waals surface area (Å²) in [7, 11) is 0. The third-order valence-corrected chi connectivity index (χ3v) is 3.46. The number of carboxylic acids is 1. The second kappa shape index (κ2) is 4.85. The molecular weight excluding hydrogens is 271 g/mol. The van der Waals surface area contributed by atoms with Gasteiger partial charge in [-0.3, -0.25) is 0 Å². The first kappa shape index (κ1) is 14.9. The standard InChI is InChI=1S/C10H12F3NO3S/c1-4-17-9(2,3)8-14-6(10(11,12)13)5(18-8)7(15)16/h4H2,1-3H3,(H,15,16). The van der Waals surface area contributed by atoms with Gasteiger partial charge in [0, 0.05) is 6.61 Å². The molecule has 0 aliphatic heterocycles. The molecule has 4 nitrogen and oxygen atoms in total. The van der Waals surface area contributed by atoms with Gasteiger partial charge in [0.15, 0.2) is 5.69 Å². The zero-order chi connectivity index (χ0) is 14.1. The minimum absolute atomic E-state index is 0.00549. The Kier molecular flexibility index (Phi) is 4.02. The van der Waals surface area contributed by atoms with E-state index < -0.39 is 28.3 Å². The average Bonchev–Trinajstić information content (AvgIpc) is 2.61. The van der Waals surface area contributed by atoms with E-state index >= 15 is 0 Å². The maximum absolute atomic E-state index is 12.6. The van der Waals surface area contributed by atoms with Crippen LogP contribution in [-0.4, -0.2) is 22.7 Å². The molecule has 0 aromatic carbocycles. The Labute approximate surface area is 105 Å². The molecule has 1 aromatic rings. The fraction of sp³-hybridized carbons (Fsp3) is 0.600. The lowest BCUT2D eigenvalue weighted by molar-refractivity contribution is -0.141. The third kappa shape index (κ3) is 2.99. The van der Waals surface area contributed by atoms with Crippen molar-refractivity contribution in [2.24, 2.45) is 0 Å². The van der Waals surface area contributed by atoms with Crippen LogP contribution >= 0.6 is 11.3 Å². The predicted molar refractivity (Wildman–Crippen MR) is 58.7 cm³/mol. The number of aromatic carboxylic acids is 1. The van der Waals surface area contributed by atoms with Gasteiger partial charge in [-0.2, -0.15) is 13.2 Å². The Morgan fingerprint density at radius 3 is 2.33 bits per heavy atom. The molecule has 0 aliphatic carbocycles. The Hall–Kier alpha value is -1.15. The molecule has 1 aromatic heterocycles. The average molecular weight is 283 g/mol. The molecule has 0 fully saturated rings. The van der Waals surface area contributed by atoms with E-state index in [2.05, 4.69) is 4.98 Å². The van der Waals surface area contributed by atoms with E-state index in [1.807, 2.05) is 0 Å². The molecule has 8 heteroatoms. The number of carbonyl (C=O) groups is 1. The Morgan fingerprint density at radius 1 is 1.44 bits per heavy atom. The van der Waals surface area contributed by atoms with Crippen molar-refractivity contribution < 1.29 is 27.8 Å². The van der Waals surface area contributed by atoms with Crippen molar-refractivity contribution in [3.8, 4) is 0 Å². The summed E-state index contributed by atoms with van der Waals surface area (Å²) in [6.45, 7) is 5.07. The second-order valence-corrected chi connectivity index (χ2v) is 4.94. The van der Waals surface area contributed by atoms with Crippen LogP contribution < -0.4 is 0 Å².